The van der Waals surface area contributed by atoms with Crippen molar-refractivity contribution in [3.05, 3.63) is 0 Å². The molecular weight excluding hydrogens is 244 g/mol. The molecule has 0 aliphatic carbocycles. The van der Waals surface area contributed by atoms with Crippen molar-refractivity contribution in [3.63, 3.8) is 0 Å². The van der Waals surface area contributed by atoms with E-state index in [0.29, 0.717) is 6.42 Å². The van der Waals surface area contributed by atoms with Gasteiger partial charge < -0.3 is 15.7 Å². The van der Waals surface area contributed by atoms with Gasteiger partial charge in [-0.3, -0.25) is 9.59 Å². The Hall–Kier alpha value is -1.10. The third kappa shape index (κ3) is 6.57. The molecule has 0 aliphatic heterocycles. The van der Waals surface area contributed by atoms with Gasteiger partial charge in [0.15, 0.2) is 0 Å². The zero-order valence-electron chi connectivity index (χ0n) is 12.9. The molecule has 0 aliphatic rings. The minimum absolute atomic E-state index is 0.0126. The first-order chi connectivity index (χ1) is 8.59. The Kier molecular flexibility index (Phi) is 7.05. The van der Waals surface area contributed by atoms with Gasteiger partial charge in [0.05, 0.1) is 0 Å². The third-order valence-electron chi connectivity index (χ3n) is 3.09. The van der Waals surface area contributed by atoms with Crippen molar-refractivity contribution >= 4 is 11.8 Å². The van der Waals surface area contributed by atoms with Gasteiger partial charge in [0.1, 0.15) is 6.04 Å². The maximum absolute atomic E-state index is 12.2. The Morgan fingerprint density at radius 3 is 2.00 bits per heavy atom. The average molecular weight is 272 g/mol. The number of hydrogen-bond donors (Lipinski definition) is 3. The lowest BCUT2D eigenvalue weighted by Gasteiger charge is -2.33. The van der Waals surface area contributed by atoms with Crippen molar-refractivity contribution in [1.82, 2.24) is 10.6 Å². The highest BCUT2D eigenvalue weighted by molar-refractivity contribution is 5.87. The van der Waals surface area contributed by atoms with E-state index in [1.807, 2.05) is 34.6 Å². The Bertz CT molecular complexity index is 308. The van der Waals surface area contributed by atoms with Gasteiger partial charge in [0, 0.05) is 19.6 Å². The largest absolute Gasteiger partial charge is 0.396 e. The fourth-order valence-electron chi connectivity index (χ4n) is 1.87. The van der Waals surface area contributed by atoms with Gasteiger partial charge in [-0.15, -0.1) is 0 Å². The molecule has 0 fully saturated rings. The Balaban J connectivity index is 4.80. The highest BCUT2D eigenvalue weighted by Gasteiger charge is 2.30. The number of aliphatic hydroxyl groups is 1. The lowest BCUT2D eigenvalue weighted by molar-refractivity contribution is -0.130. The minimum atomic E-state index is -0.541. The topological polar surface area (TPSA) is 78.4 Å². The van der Waals surface area contributed by atoms with Crippen LogP contribution in [0.3, 0.4) is 0 Å². The van der Waals surface area contributed by atoms with Crippen LogP contribution < -0.4 is 10.6 Å². The van der Waals surface area contributed by atoms with Crippen LogP contribution >= 0.6 is 0 Å². The van der Waals surface area contributed by atoms with E-state index < -0.39 is 6.04 Å². The van der Waals surface area contributed by atoms with Gasteiger partial charge in [-0.1, -0.05) is 34.6 Å². The third-order valence-corrected chi connectivity index (χ3v) is 3.09. The fraction of sp³-hybridized carbons (Fsp3) is 0.857. The molecule has 0 saturated carbocycles. The lowest BCUT2D eigenvalue weighted by atomic mass is 9.84. The van der Waals surface area contributed by atoms with Crippen LogP contribution in [0.2, 0.25) is 0 Å². The highest BCUT2D eigenvalue weighted by atomic mass is 16.3. The predicted octanol–water partition coefficient (Wildman–Crippen LogP) is 1.06. The van der Waals surface area contributed by atoms with Crippen molar-refractivity contribution < 1.29 is 14.7 Å². The molecule has 112 valence electrons. The van der Waals surface area contributed by atoms with Gasteiger partial charge in [-0.2, -0.15) is 0 Å². The molecule has 5 heteroatoms. The number of rotatable bonds is 6. The number of nitrogens with one attached hydrogen (secondary N) is 2. The first-order valence-electron chi connectivity index (χ1n) is 6.78. The van der Waals surface area contributed by atoms with E-state index in [1.54, 1.807) is 0 Å². The molecule has 2 atom stereocenters. The molecule has 3 N–H and O–H groups in total. The summed E-state index contributed by atoms with van der Waals surface area (Å²) in [7, 11) is 0. The summed E-state index contributed by atoms with van der Waals surface area (Å²) in [4.78, 5) is 23.4. The normalized spacial score (nSPS) is 14.9. The summed E-state index contributed by atoms with van der Waals surface area (Å²) in [5, 5.41) is 14.7. The van der Waals surface area contributed by atoms with Crippen molar-refractivity contribution in [1.29, 1.82) is 0 Å². The summed E-state index contributed by atoms with van der Waals surface area (Å²) in [6.45, 7) is 11.2. The monoisotopic (exact) mass is 272 g/mol. The van der Waals surface area contributed by atoms with Gasteiger partial charge in [-0.25, -0.2) is 0 Å². The second-order valence-corrected chi connectivity index (χ2v) is 6.36. The molecule has 0 aromatic carbocycles. The summed E-state index contributed by atoms with van der Waals surface area (Å²) < 4.78 is 0. The van der Waals surface area contributed by atoms with Crippen molar-refractivity contribution in [2.45, 2.75) is 60.0 Å². The summed E-state index contributed by atoms with van der Waals surface area (Å²) >= 11 is 0. The zero-order valence-corrected chi connectivity index (χ0v) is 12.9. The van der Waals surface area contributed by atoms with E-state index in [2.05, 4.69) is 10.6 Å². The van der Waals surface area contributed by atoms with Crippen molar-refractivity contribution in [2.75, 3.05) is 6.61 Å². The van der Waals surface area contributed by atoms with Crippen LogP contribution in [0.15, 0.2) is 0 Å². The van der Waals surface area contributed by atoms with E-state index in [9.17, 15) is 9.59 Å². The van der Waals surface area contributed by atoms with Gasteiger partial charge in [0.2, 0.25) is 11.8 Å². The Labute approximate surface area is 116 Å². The molecule has 0 spiro atoms. The number of carbonyl (C=O) groups is 2. The molecule has 2 unspecified atom stereocenters. The number of hydrogen-bond acceptors (Lipinski definition) is 3. The quantitative estimate of drug-likeness (QED) is 0.676. The molecule has 0 rings (SSSR count). The Morgan fingerprint density at radius 2 is 1.68 bits per heavy atom. The zero-order chi connectivity index (χ0) is 15.2. The number of carbonyl (C=O) groups excluding carboxylic acids is 2. The summed E-state index contributed by atoms with van der Waals surface area (Å²) in [5.41, 5.74) is -0.143. The van der Waals surface area contributed by atoms with Crippen LogP contribution in [-0.4, -0.2) is 35.6 Å². The molecule has 0 heterocycles. The molecule has 2 amide bonds. The molecule has 0 radical (unpaired) electrons. The first kappa shape index (κ1) is 17.9. The smallest absolute Gasteiger partial charge is 0.243 e. The maximum Gasteiger partial charge on any atom is 0.243 e. The summed E-state index contributed by atoms with van der Waals surface area (Å²) in [6, 6.07) is -0.666. The molecule has 19 heavy (non-hydrogen) atoms. The summed E-state index contributed by atoms with van der Waals surface area (Å²) in [5.74, 6) is -0.402. The molecule has 0 saturated heterocycles. The SMILES string of the molecule is CC(=O)NC(C(=O)NC(CCO)C(C)(C)C)C(C)C. The van der Waals surface area contributed by atoms with E-state index >= 15 is 0 Å². The van der Waals surface area contributed by atoms with E-state index in [-0.39, 0.29) is 35.8 Å². The maximum atomic E-state index is 12.2. The average Bonchev–Trinajstić information content (AvgIpc) is 2.23. The van der Waals surface area contributed by atoms with E-state index in [0.717, 1.165) is 0 Å². The molecule has 0 aromatic heterocycles. The Morgan fingerprint density at radius 1 is 1.16 bits per heavy atom. The van der Waals surface area contributed by atoms with E-state index in [4.69, 9.17) is 5.11 Å². The second kappa shape index (κ2) is 7.48. The second-order valence-electron chi connectivity index (χ2n) is 6.36. The summed E-state index contributed by atoms with van der Waals surface area (Å²) in [6.07, 6.45) is 0.500. The van der Waals surface area contributed by atoms with Gasteiger partial charge in [0.25, 0.3) is 0 Å². The van der Waals surface area contributed by atoms with Crippen LogP contribution in [0, 0.1) is 11.3 Å². The van der Waals surface area contributed by atoms with Crippen LogP contribution in [-0.2, 0) is 9.59 Å². The number of amides is 2. The van der Waals surface area contributed by atoms with Gasteiger partial charge in [-0.05, 0) is 17.8 Å². The molecule has 5 nitrogen and oxygen atoms in total. The molecule has 0 bridgehead atoms. The molecule has 0 aromatic rings. The van der Waals surface area contributed by atoms with Crippen LogP contribution in [0.5, 0.6) is 0 Å². The lowest BCUT2D eigenvalue weighted by Crippen LogP contribution is -2.54. The first-order valence-corrected chi connectivity index (χ1v) is 6.78. The van der Waals surface area contributed by atoms with Crippen LogP contribution in [0.25, 0.3) is 0 Å². The number of aliphatic hydroxyl groups excluding tert-OH is 1. The standard InChI is InChI=1S/C14H28N2O3/c1-9(2)12(15-10(3)18)13(19)16-11(7-8-17)14(4,5)6/h9,11-12,17H,7-8H2,1-6H3,(H,15,18)(H,16,19). The highest BCUT2D eigenvalue weighted by Crippen LogP contribution is 2.22. The predicted molar refractivity (Wildman–Crippen MR) is 75.5 cm³/mol. The van der Waals surface area contributed by atoms with Crippen LogP contribution in [0.4, 0.5) is 0 Å². The van der Waals surface area contributed by atoms with Crippen molar-refractivity contribution in [2.24, 2.45) is 11.3 Å². The van der Waals surface area contributed by atoms with E-state index in [1.165, 1.54) is 6.92 Å². The fourth-order valence-corrected chi connectivity index (χ4v) is 1.87. The van der Waals surface area contributed by atoms with Crippen molar-refractivity contribution in [3.8, 4) is 0 Å². The van der Waals surface area contributed by atoms with Gasteiger partial charge >= 0.3 is 0 Å². The molecular formula is C14H28N2O3. The van der Waals surface area contributed by atoms with Crippen LogP contribution in [0.1, 0.15) is 48.0 Å². The minimum Gasteiger partial charge on any atom is -0.396 e.